The molecule has 1 nitrogen and oxygen atoms in total. The van der Waals surface area contributed by atoms with Crippen molar-refractivity contribution in [1.29, 1.82) is 0 Å². The van der Waals surface area contributed by atoms with Crippen molar-refractivity contribution in [1.82, 2.24) is 0 Å². The quantitative estimate of drug-likeness (QED) is 0.839. The predicted molar refractivity (Wildman–Crippen MR) is 76.6 cm³/mol. The van der Waals surface area contributed by atoms with Crippen LogP contribution < -0.4 is 5.73 Å². The average Bonchev–Trinajstić information content (AvgIpc) is 2.79. The van der Waals surface area contributed by atoms with Gasteiger partial charge in [-0.05, 0) is 24.6 Å². The van der Waals surface area contributed by atoms with Gasteiger partial charge >= 0.3 is 0 Å². The van der Waals surface area contributed by atoms with Crippen LogP contribution in [-0.4, -0.2) is 0 Å². The summed E-state index contributed by atoms with van der Waals surface area (Å²) in [5, 5.41) is 0.796. The van der Waals surface area contributed by atoms with Gasteiger partial charge in [-0.2, -0.15) is 0 Å². The van der Waals surface area contributed by atoms with Gasteiger partial charge in [0.05, 0.1) is 0 Å². The molecule has 90 valence electrons. The van der Waals surface area contributed by atoms with Gasteiger partial charge in [-0.25, -0.2) is 0 Å². The summed E-state index contributed by atoms with van der Waals surface area (Å²) in [5.74, 6) is 0. The zero-order valence-electron chi connectivity index (χ0n) is 9.82. The van der Waals surface area contributed by atoms with Crippen LogP contribution in [0.5, 0.6) is 0 Å². The Morgan fingerprint density at radius 2 is 2.00 bits per heavy atom. The maximum Gasteiger partial charge on any atom is 0.0492 e. The molecular weight excluding hydrogens is 250 g/mol. The fourth-order valence-corrected chi connectivity index (χ4v) is 3.19. The summed E-state index contributed by atoms with van der Waals surface area (Å²) in [6.07, 6.45) is 2.14. The largest absolute Gasteiger partial charge is 0.323 e. The number of hydrogen-bond donors (Lipinski definition) is 1. The van der Waals surface area contributed by atoms with Crippen molar-refractivity contribution >= 4 is 22.9 Å². The van der Waals surface area contributed by atoms with Gasteiger partial charge in [0.2, 0.25) is 0 Å². The Kier molecular flexibility index (Phi) is 4.21. The van der Waals surface area contributed by atoms with E-state index in [0.29, 0.717) is 0 Å². The third kappa shape index (κ3) is 2.89. The van der Waals surface area contributed by atoms with E-state index in [2.05, 4.69) is 19.1 Å². The summed E-state index contributed by atoms with van der Waals surface area (Å²) < 4.78 is 0. The molecular formula is C14H16ClNS. The first-order valence-electron chi connectivity index (χ1n) is 5.82. The zero-order chi connectivity index (χ0) is 12.3. The van der Waals surface area contributed by atoms with Gasteiger partial charge in [-0.15, -0.1) is 11.3 Å². The normalized spacial score (nSPS) is 12.6. The van der Waals surface area contributed by atoms with E-state index in [9.17, 15) is 0 Å². The van der Waals surface area contributed by atoms with E-state index in [1.54, 1.807) is 11.3 Å². The molecule has 0 aliphatic carbocycles. The van der Waals surface area contributed by atoms with Crippen LogP contribution in [0.4, 0.5) is 0 Å². The van der Waals surface area contributed by atoms with Gasteiger partial charge in [0, 0.05) is 26.4 Å². The lowest BCUT2D eigenvalue weighted by Crippen LogP contribution is -2.07. The lowest BCUT2D eigenvalue weighted by Gasteiger charge is -2.06. The van der Waals surface area contributed by atoms with Gasteiger partial charge in [-0.3, -0.25) is 0 Å². The second kappa shape index (κ2) is 5.67. The molecule has 2 N–H and O–H groups in total. The maximum absolute atomic E-state index is 6.18. The van der Waals surface area contributed by atoms with Crippen LogP contribution in [0, 0.1) is 0 Å². The fraction of sp³-hybridized carbons (Fsp3) is 0.286. The molecule has 2 rings (SSSR count). The molecule has 0 aliphatic rings. The molecule has 0 saturated heterocycles. The van der Waals surface area contributed by atoms with Crippen LogP contribution in [0.25, 0.3) is 10.4 Å². The lowest BCUT2D eigenvalue weighted by atomic mass is 10.1. The molecule has 0 radical (unpaired) electrons. The average molecular weight is 266 g/mol. The Bertz CT molecular complexity index is 492. The van der Waals surface area contributed by atoms with E-state index >= 15 is 0 Å². The second-order valence-electron chi connectivity index (χ2n) is 4.08. The Morgan fingerprint density at radius 1 is 1.24 bits per heavy atom. The van der Waals surface area contributed by atoms with Crippen molar-refractivity contribution in [3.05, 3.63) is 46.3 Å². The smallest absolute Gasteiger partial charge is 0.0492 e. The first-order chi connectivity index (χ1) is 8.22. The van der Waals surface area contributed by atoms with Crippen LogP contribution in [0.2, 0.25) is 5.02 Å². The Labute approximate surface area is 111 Å². The molecule has 3 heteroatoms. The minimum absolute atomic E-state index is 0.154. The van der Waals surface area contributed by atoms with Gasteiger partial charge in [0.1, 0.15) is 0 Å². The molecule has 1 unspecified atom stereocenters. The van der Waals surface area contributed by atoms with Crippen LogP contribution in [0.3, 0.4) is 0 Å². The second-order valence-corrected chi connectivity index (χ2v) is 5.60. The Morgan fingerprint density at radius 3 is 2.71 bits per heavy atom. The standard InChI is InChI=1S/C14H16ClNS/c1-2-5-12(16)14-9-8-13(17-14)10-6-3-4-7-11(10)15/h3-4,6-9,12H,2,5,16H2,1H3. The van der Waals surface area contributed by atoms with E-state index in [-0.39, 0.29) is 6.04 Å². The highest BCUT2D eigenvalue weighted by Gasteiger charge is 2.10. The van der Waals surface area contributed by atoms with E-state index < -0.39 is 0 Å². The molecule has 0 amide bonds. The van der Waals surface area contributed by atoms with Crippen molar-refractivity contribution in [3.63, 3.8) is 0 Å². The molecule has 0 saturated carbocycles. The molecule has 0 spiro atoms. The van der Waals surface area contributed by atoms with Gasteiger partial charge in [-0.1, -0.05) is 43.1 Å². The van der Waals surface area contributed by atoms with Gasteiger partial charge in [0.15, 0.2) is 0 Å². The molecule has 0 bridgehead atoms. The number of rotatable bonds is 4. The summed E-state index contributed by atoms with van der Waals surface area (Å²) in [4.78, 5) is 2.43. The number of thiophene rings is 1. The lowest BCUT2D eigenvalue weighted by molar-refractivity contribution is 0.648. The van der Waals surface area contributed by atoms with E-state index in [1.807, 2.05) is 24.3 Å². The Balaban J connectivity index is 2.27. The summed E-state index contributed by atoms with van der Waals surface area (Å²) in [5.41, 5.74) is 7.20. The summed E-state index contributed by atoms with van der Waals surface area (Å²) in [6.45, 7) is 2.16. The highest BCUT2D eigenvalue weighted by Crippen LogP contribution is 2.35. The summed E-state index contributed by atoms with van der Waals surface area (Å²) in [6, 6.07) is 12.3. The molecule has 1 aromatic carbocycles. The molecule has 0 aliphatic heterocycles. The zero-order valence-corrected chi connectivity index (χ0v) is 11.4. The fourth-order valence-electron chi connectivity index (χ4n) is 1.81. The monoisotopic (exact) mass is 265 g/mol. The van der Waals surface area contributed by atoms with E-state index in [1.165, 1.54) is 9.75 Å². The van der Waals surface area contributed by atoms with Crippen LogP contribution in [0.15, 0.2) is 36.4 Å². The topological polar surface area (TPSA) is 26.0 Å². The van der Waals surface area contributed by atoms with Gasteiger partial charge < -0.3 is 5.73 Å². The molecule has 1 heterocycles. The SMILES string of the molecule is CCCC(N)c1ccc(-c2ccccc2Cl)s1. The third-order valence-corrected chi connectivity index (χ3v) is 4.31. The van der Waals surface area contributed by atoms with Crippen LogP contribution in [-0.2, 0) is 0 Å². The van der Waals surface area contributed by atoms with Crippen molar-refractivity contribution in [2.24, 2.45) is 5.73 Å². The number of halogens is 1. The number of benzene rings is 1. The molecule has 1 aromatic heterocycles. The first-order valence-corrected chi connectivity index (χ1v) is 7.02. The van der Waals surface area contributed by atoms with Crippen molar-refractivity contribution in [2.45, 2.75) is 25.8 Å². The van der Waals surface area contributed by atoms with Crippen molar-refractivity contribution in [3.8, 4) is 10.4 Å². The predicted octanol–water partition coefficient (Wildman–Crippen LogP) is 4.87. The summed E-state index contributed by atoms with van der Waals surface area (Å²) >= 11 is 7.92. The Hall–Kier alpha value is -0.830. The summed E-state index contributed by atoms with van der Waals surface area (Å²) in [7, 11) is 0. The highest BCUT2D eigenvalue weighted by atomic mass is 35.5. The van der Waals surface area contributed by atoms with E-state index in [0.717, 1.165) is 23.4 Å². The molecule has 17 heavy (non-hydrogen) atoms. The number of hydrogen-bond acceptors (Lipinski definition) is 2. The third-order valence-electron chi connectivity index (χ3n) is 2.73. The highest BCUT2D eigenvalue weighted by molar-refractivity contribution is 7.15. The molecule has 1 atom stereocenters. The minimum atomic E-state index is 0.154. The van der Waals surface area contributed by atoms with Crippen LogP contribution in [0.1, 0.15) is 30.7 Å². The maximum atomic E-state index is 6.18. The van der Waals surface area contributed by atoms with Crippen molar-refractivity contribution in [2.75, 3.05) is 0 Å². The molecule has 0 fully saturated rings. The minimum Gasteiger partial charge on any atom is -0.323 e. The van der Waals surface area contributed by atoms with Gasteiger partial charge in [0.25, 0.3) is 0 Å². The molecule has 2 aromatic rings. The first kappa shape index (κ1) is 12.6. The van der Waals surface area contributed by atoms with Crippen LogP contribution >= 0.6 is 22.9 Å². The van der Waals surface area contributed by atoms with Crippen molar-refractivity contribution < 1.29 is 0 Å². The number of nitrogens with two attached hydrogens (primary N) is 1. The van der Waals surface area contributed by atoms with E-state index in [4.69, 9.17) is 17.3 Å².